The van der Waals surface area contributed by atoms with E-state index in [9.17, 15) is 5.11 Å². The van der Waals surface area contributed by atoms with Crippen LogP contribution < -0.4 is 0 Å². The predicted molar refractivity (Wildman–Crippen MR) is 54.5 cm³/mol. The molecule has 0 aromatic carbocycles. The van der Waals surface area contributed by atoms with Crippen LogP contribution in [0, 0.1) is 0 Å². The van der Waals surface area contributed by atoms with Gasteiger partial charge in [-0.2, -0.15) is 0 Å². The Labute approximate surface area is 79.5 Å². The van der Waals surface area contributed by atoms with E-state index in [0.717, 1.165) is 24.9 Å². The van der Waals surface area contributed by atoms with Crippen LogP contribution in [0.15, 0.2) is 31.1 Å². The lowest BCUT2D eigenvalue weighted by molar-refractivity contribution is 0.173. The maximum absolute atomic E-state index is 9.53. The van der Waals surface area contributed by atoms with E-state index >= 15 is 0 Å². The molecule has 0 radical (unpaired) electrons. The third-order valence-electron chi connectivity index (χ3n) is 2.14. The zero-order valence-electron chi connectivity index (χ0n) is 8.11. The van der Waals surface area contributed by atoms with Crippen LogP contribution in [0.5, 0.6) is 0 Å². The molecule has 1 heterocycles. The first-order chi connectivity index (χ1) is 6.27. The molecule has 13 heavy (non-hydrogen) atoms. The van der Waals surface area contributed by atoms with Crippen LogP contribution in [-0.4, -0.2) is 9.67 Å². The van der Waals surface area contributed by atoms with E-state index in [1.807, 2.05) is 31.5 Å². The Hall–Kier alpha value is -1.02. The monoisotopic (exact) mass is 179 g/mol. The predicted octanol–water partition coefficient (Wildman–Crippen LogP) is 2.51. The Kier molecular flexibility index (Phi) is 3.77. The Morgan fingerprint density at radius 2 is 2.46 bits per heavy atom. The van der Waals surface area contributed by atoms with E-state index < -0.39 is 0 Å². The van der Waals surface area contributed by atoms with Gasteiger partial charge >= 0.3 is 0 Å². The summed E-state index contributed by atoms with van der Waals surface area (Å²) in [5.74, 6) is 0. The number of aliphatic hydroxyl groups excluding tert-OH is 1. The van der Waals surface area contributed by atoms with Crippen molar-refractivity contribution in [3.05, 3.63) is 36.7 Å². The first-order valence-electron chi connectivity index (χ1n) is 4.72. The van der Waals surface area contributed by atoms with Crippen molar-refractivity contribution >= 4 is 0 Å². The standard InChI is InChI=1S/C11H17NO/c1-3-5-7-12-8-6-10(9-12)11(13)4-2/h3,6,8-9,11,13H,1,4-5,7H2,2H3. The van der Waals surface area contributed by atoms with Gasteiger partial charge in [-0.25, -0.2) is 0 Å². The molecule has 1 N–H and O–H groups in total. The summed E-state index contributed by atoms with van der Waals surface area (Å²) in [4.78, 5) is 0. The normalized spacial score (nSPS) is 12.8. The molecule has 1 aromatic rings. The molecule has 0 saturated heterocycles. The zero-order chi connectivity index (χ0) is 9.68. The number of hydrogen-bond donors (Lipinski definition) is 1. The van der Waals surface area contributed by atoms with Crippen LogP contribution in [0.4, 0.5) is 0 Å². The van der Waals surface area contributed by atoms with Crippen LogP contribution >= 0.6 is 0 Å². The lowest BCUT2D eigenvalue weighted by Gasteiger charge is -2.03. The van der Waals surface area contributed by atoms with Gasteiger partial charge in [0.05, 0.1) is 6.10 Å². The molecule has 1 aromatic heterocycles. The number of aryl methyl sites for hydroxylation is 1. The molecule has 0 bridgehead atoms. The van der Waals surface area contributed by atoms with Gasteiger partial charge < -0.3 is 9.67 Å². The van der Waals surface area contributed by atoms with Gasteiger partial charge in [0.2, 0.25) is 0 Å². The number of rotatable bonds is 5. The smallest absolute Gasteiger partial charge is 0.0802 e. The molecule has 2 nitrogen and oxygen atoms in total. The Morgan fingerprint density at radius 1 is 1.69 bits per heavy atom. The summed E-state index contributed by atoms with van der Waals surface area (Å²) in [7, 11) is 0. The quantitative estimate of drug-likeness (QED) is 0.690. The summed E-state index contributed by atoms with van der Waals surface area (Å²) in [5, 5.41) is 9.53. The van der Waals surface area contributed by atoms with Gasteiger partial charge in [-0.1, -0.05) is 13.0 Å². The van der Waals surface area contributed by atoms with Crippen molar-refractivity contribution in [2.24, 2.45) is 0 Å². The van der Waals surface area contributed by atoms with Crippen molar-refractivity contribution < 1.29 is 5.11 Å². The van der Waals surface area contributed by atoms with Gasteiger partial charge in [0.25, 0.3) is 0 Å². The molecular formula is C11H17NO. The van der Waals surface area contributed by atoms with Crippen LogP contribution in [-0.2, 0) is 6.54 Å². The minimum atomic E-state index is -0.315. The van der Waals surface area contributed by atoms with Crippen LogP contribution in [0.3, 0.4) is 0 Å². The van der Waals surface area contributed by atoms with Gasteiger partial charge in [-0.15, -0.1) is 6.58 Å². The third-order valence-corrected chi connectivity index (χ3v) is 2.14. The first kappa shape index (κ1) is 10.1. The summed E-state index contributed by atoms with van der Waals surface area (Å²) < 4.78 is 2.08. The maximum Gasteiger partial charge on any atom is 0.0802 e. The highest BCUT2D eigenvalue weighted by Crippen LogP contribution is 2.16. The van der Waals surface area contributed by atoms with Gasteiger partial charge in [0.1, 0.15) is 0 Å². The molecule has 1 unspecified atom stereocenters. The summed E-state index contributed by atoms with van der Waals surface area (Å²) in [6.07, 6.45) is 7.32. The lowest BCUT2D eigenvalue weighted by Crippen LogP contribution is -1.95. The largest absolute Gasteiger partial charge is 0.388 e. The van der Waals surface area contributed by atoms with E-state index in [2.05, 4.69) is 11.1 Å². The molecule has 0 fully saturated rings. The summed E-state index contributed by atoms with van der Waals surface area (Å²) in [6, 6.07) is 1.97. The number of aliphatic hydroxyl groups is 1. The second-order valence-electron chi connectivity index (χ2n) is 3.18. The average Bonchev–Trinajstić information content (AvgIpc) is 2.62. The molecule has 0 aliphatic rings. The fraction of sp³-hybridized carbons (Fsp3) is 0.455. The Morgan fingerprint density at radius 3 is 3.08 bits per heavy atom. The lowest BCUT2D eigenvalue weighted by atomic mass is 10.1. The number of hydrogen-bond acceptors (Lipinski definition) is 1. The second kappa shape index (κ2) is 4.87. The van der Waals surface area contributed by atoms with Gasteiger partial charge in [-0.05, 0) is 24.5 Å². The fourth-order valence-corrected chi connectivity index (χ4v) is 1.27. The molecule has 1 rings (SSSR count). The number of aromatic nitrogens is 1. The molecule has 0 saturated carbocycles. The maximum atomic E-state index is 9.53. The van der Waals surface area contributed by atoms with E-state index in [1.165, 1.54) is 0 Å². The van der Waals surface area contributed by atoms with Crippen molar-refractivity contribution in [3.63, 3.8) is 0 Å². The summed E-state index contributed by atoms with van der Waals surface area (Å²) in [5.41, 5.74) is 1.01. The second-order valence-corrected chi connectivity index (χ2v) is 3.18. The molecule has 0 aliphatic heterocycles. The first-order valence-corrected chi connectivity index (χ1v) is 4.72. The minimum absolute atomic E-state index is 0.315. The highest BCUT2D eigenvalue weighted by atomic mass is 16.3. The van der Waals surface area contributed by atoms with E-state index in [1.54, 1.807) is 0 Å². The van der Waals surface area contributed by atoms with Gasteiger partial charge in [0, 0.05) is 18.9 Å². The Bertz CT molecular complexity index is 265. The van der Waals surface area contributed by atoms with E-state index in [4.69, 9.17) is 0 Å². The van der Waals surface area contributed by atoms with E-state index in [0.29, 0.717) is 0 Å². The molecule has 0 amide bonds. The minimum Gasteiger partial charge on any atom is -0.388 e. The third kappa shape index (κ3) is 2.74. The average molecular weight is 179 g/mol. The van der Waals surface area contributed by atoms with Crippen molar-refractivity contribution in [1.82, 2.24) is 4.57 Å². The number of allylic oxidation sites excluding steroid dienone is 1. The summed E-state index contributed by atoms with van der Waals surface area (Å²) in [6.45, 7) is 6.59. The topological polar surface area (TPSA) is 25.2 Å². The zero-order valence-corrected chi connectivity index (χ0v) is 8.11. The highest BCUT2D eigenvalue weighted by molar-refractivity contribution is 5.13. The molecule has 1 atom stereocenters. The fourth-order valence-electron chi connectivity index (χ4n) is 1.27. The van der Waals surface area contributed by atoms with E-state index in [-0.39, 0.29) is 6.10 Å². The van der Waals surface area contributed by atoms with Crippen LogP contribution in [0.25, 0.3) is 0 Å². The van der Waals surface area contributed by atoms with Crippen molar-refractivity contribution in [2.75, 3.05) is 0 Å². The molecule has 2 heteroatoms. The van der Waals surface area contributed by atoms with Crippen molar-refractivity contribution in [2.45, 2.75) is 32.4 Å². The SMILES string of the molecule is C=CCCn1ccc(C(O)CC)c1. The Balaban J connectivity index is 2.57. The number of nitrogens with zero attached hydrogens (tertiary/aromatic N) is 1. The highest BCUT2D eigenvalue weighted by Gasteiger charge is 2.05. The van der Waals surface area contributed by atoms with Crippen molar-refractivity contribution in [1.29, 1.82) is 0 Å². The van der Waals surface area contributed by atoms with Gasteiger partial charge in [0.15, 0.2) is 0 Å². The van der Waals surface area contributed by atoms with Crippen LogP contribution in [0.2, 0.25) is 0 Å². The molecular weight excluding hydrogens is 162 g/mol. The van der Waals surface area contributed by atoms with Gasteiger partial charge in [-0.3, -0.25) is 0 Å². The molecule has 0 spiro atoms. The van der Waals surface area contributed by atoms with Crippen molar-refractivity contribution in [3.8, 4) is 0 Å². The summed E-state index contributed by atoms with van der Waals surface area (Å²) >= 11 is 0. The van der Waals surface area contributed by atoms with Crippen LogP contribution in [0.1, 0.15) is 31.4 Å². The molecule has 0 aliphatic carbocycles. The molecule has 72 valence electrons.